The summed E-state index contributed by atoms with van der Waals surface area (Å²) in [6.45, 7) is 6.58. The molecule has 1 amide bonds. The summed E-state index contributed by atoms with van der Waals surface area (Å²) in [5.41, 5.74) is 4.45. The summed E-state index contributed by atoms with van der Waals surface area (Å²) in [4.78, 5) is 11.9. The second kappa shape index (κ2) is 6.93. The smallest absolute Gasteiger partial charge is 0.258 e. The summed E-state index contributed by atoms with van der Waals surface area (Å²) in [6.07, 6.45) is 0. The summed E-state index contributed by atoms with van der Waals surface area (Å²) < 4.78 is 5.59. The van der Waals surface area contributed by atoms with Gasteiger partial charge in [-0.25, -0.2) is 0 Å². The normalized spacial score (nSPS) is 10.2. The van der Waals surface area contributed by atoms with E-state index in [0.717, 1.165) is 22.4 Å². The van der Waals surface area contributed by atoms with Crippen LogP contribution in [-0.2, 0) is 11.3 Å². The molecule has 0 aliphatic rings. The van der Waals surface area contributed by atoms with Crippen LogP contribution in [-0.4, -0.2) is 12.5 Å². The van der Waals surface area contributed by atoms with Crippen molar-refractivity contribution in [3.05, 3.63) is 64.7 Å². The van der Waals surface area contributed by atoms with Crippen LogP contribution < -0.4 is 10.1 Å². The van der Waals surface area contributed by atoms with Gasteiger partial charge in [-0.15, -0.1) is 0 Å². The van der Waals surface area contributed by atoms with Crippen LogP contribution >= 0.6 is 0 Å². The van der Waals surface area contributed by atoms with E-state index in [1.54, 1.807) is 0 Å². The molecular formula is C18H21NO2. The van der Waals surface area contributed by atoms with E-state index in [2.05, 4.69) is 5.32 Å². The third-order valence-corrected chi connectivity index (χ3v) is 3.44. The zero-order valence-corrected chi connectivity index (χ0v) is 12.8. The van der Waals surface area contributed by atoms with Crippen LogP contribution in [0.5, 0.6) is 5.75 Å². The van der Waals surface area contributed by atoms with Crippen LogP contribution in [0.25, 0.3) is 0 Å². The summed E-state index contributed by atoms with van der Waals surface area (Å²) in [5, 5.41) is 2.88. The minimum absolute atomic E-state index is 0.0379. The van der Waals surface area contributed by atoms with Crippen molar-refractivity contribution in [2.75, 3.05) is 6.61 Å². The first-order chi connectivity index (χ1) is 10.1. The summed E-state index contributed by atoms with van der Waals surface area (Å²) in [7, 11) is 0. The van der Waals surface area contributed by atoms with Gasteiger partial charge in [-0.1, -0.05) is 36.4 Å². The van der Waals surface area contributed by atoms with Gasteiger partial charge in [0, 0.05) is 6.54 Å². The van der Waals surface area contributed by atoms with E-state index in [-0.39, 0.29) is 12.5 Å². The number of hydrogen-bond donors (Lipinski definition) is 1. The molecule has 0 fully saturated rings. The second-order valence-corrected chi connectivity index (χ2v) is 5.26. The molecule has 0 spiro atoms. The molecule has 0 bridgehead atoms. The number of ether oxygens (including phenoxy) is 1. The molecule has 3 heteroatoms. The Morgan fingerprint density at radius 1 is 1.05 bits per heavy atom. The first-order valence-electron chi connectivity index (χ1n) is 7.07. The van der Waals surface area contributed by atoms with Crippen LogP contribution in [0.15, 0.2) is 42.5 Å². The third kappa shape index (κ3) is 4.35. The van der Waals surface area contributed by atoms with Gasteiger partial charge in [0.25, 0.3) is 5.91 Å². The molecule has 0 aliphatic carbocycles. The number of aryl methyl sites for hydroxylation is 3. The molecule has 0 saturated carbocycles. The molecular weight excluding hydrogens is 262 g/mol. The molecule has 0 aromatic heterocycles. The minimum atomic E-state index is -0.112. The average Bonchev–Trinajstić information content (AvgIpc) is 2.47. The highest BCUT2D eigenvalue weighted by Crippen LogP contribution is 2.18. The lowest BCUT2D eigenvalue weighted by molar-refractivity contribution is -0.123. The van der Waals surface area contributed by atoms with Crippen molar-refractivity contribution in [2.45, 2.75) is 27.3 Å². The molecule has 2 rings (SSSR count). The molecule has 0 unspecified atom stereocenters. The molecule has 110 valence electrons. The van der Waals surface area contributed by atoms with Crippen molar-refractivity contribution in [3.63, 3.8) is 0 Å². The largest absolute Gasteiger partial charge is 0.483 e. The lowest BCUT2D eigenvalue weighted by atomic mass is 10.1. The maximum atomic E-state index is 11.9. The van der Waals surface area contributed by atoms with E-state index in [1.165, 1.54) is 5.56 Å². The maximum Gasteiger partial charge on any atom is 0.258 e. The van der Waals surface area contributed by atoms with Gasteiger partial charge in [0.2, 0.25) is 0 Å². The van der Waals surface area contributed by atoms with Crippen molar-refractivity contribution in [1.29, 1.82) is 0 Å². The number of amides is 1. The van der Waals surface area contributed by atoms with E-state index < -0.39 is 0 Å². The van der Waals surface area contributed by atoms with Crippen molar-refractivity contribution in [2.24, 2.45) is 0 Å². The summed E-state index contributed by atoms with van der Waals surface area (Å²) in [6, 6.07) is 14.0. The van der Waals surface area contributed by atoms with E-state index >= 15 is 0 Å². The average molecular weight is 283 g/mol. The van der Waals surface area contributed by atoms with Crippen LogP contribution in [0.1, 0.15) is 22.3 Å². The van der Waals surface area contributed by atoms with Crippen LogP contribution in [0, 0.1) is 20.8 Å². The fraction of sp³-hybridized carbons (Fsp3) is 0.278. The van der Waals surface area contributed by atoms with Gasteiger partial charge in [0.1, 0.15) is 5.75 Å². The van der Waals surface area contributed by atoms with Gasteiger partial charge < -0.3 is 10.1 Å². The van der Waals surface area contributed by atoms with Gasteiger partial charge in [-0.2, -0.15) is 0 Å². The Morgan fingerprint density at radius 2 is 1.81 bits per heavy atom. The SMILES string of the molecule is Cc1ccc(C)c(OCC(=O)NCc2ccccc2C)c1. The zero-order valence-electron chi connectivity index (χ0n) is 12.8. The van der Waals surface area contributed by atoms with Crippen LogP contribution in [0.4, 0.5) is 0 Å². The molecule has 0 radical (unpaired) electrons. The Labute approximate surface area is 126 Å². The van der Waals surface area contributed by atoms with E-state index in [0.29, 0.717) is 6.54 Å². The Balaban J connectivity index is 1.85. The first-order valence-corrected chi connectivity index (χ1v) is 7.07. The zero-order chi connectivity index (χ0) is 15.2. The number of benzene rings is 2. The highest BCUT2D eigenvalue weighted by molar-refractivity contribution is 5.77. The Morgan fingerprint density at radius 3 is 2.57 bits per heavy atom. The third-order valence-electron chi connectivity index (χ3n) is 3.44. The molecule has 21 heavy (non-hydrogen) atoms. The Bertz CT molecular complexity index is 635. The Kier molecular flexibility index (Phi) is 4.99. The standard InChI is InChI=1S/C18H21NO2/c1-13-8-9-15(3)17(10-13)21-12-18(20)19-11-16-7-5-4-6-14(16)2/h4-10H,11-12H2,1-3H3,(H,19,20). The first kappa shape index (κ1) is 15.1. The van der Waals surface area contributed by atoms with Crippen molar-refractivity contribution < 1.29 is 9.53 Å². The molecule has 2 aromatic rings. The number of carbonyl (C=O) groups excluding carboxylic acids is 1. The predicted molar refractivity (Wildman–Crippen MR) is 84.4 cm³/mol. The molecule has 0 saturated heterocycles. The quantitative estimate of drug-likeness (QED) is 0.914. The molecule has 0 heterocycles. The van der Waals surface area contributed by atoms with Gasteiger partial charge in [0.15, 0.2) is 6.61 Å². The lowest BCUT2D eigenvalue weighted by Gasteiger charge is -2.11. The van der Waals surface area contributed by atoms with Gasteiger partial charge in [0.05, 0.1) is 0 Å². The van der Waals surface area contributed by atoms with E-state index in [9.17, 15) is 4.79 Å². The van der Waals surface area contributed by atoms with Gasteiger partial charge >= 0.3 is 0 Å². The number of hydrogen-bond acceptors (Lipinski definition) is 2. The summed E-state index contributed by atoms with van der Waals surface area (Å²) in [5.74, 6) is 0.653. The van der Waals surface area contributed by atoms with Crippen LogP contribution in [0.3, 0.4) is 0 Å². The van der Waals surface area contributed by atoms with Crippen molar-refractivity contribution in [3.8, 4) is 5.75 Å². The fourth-order valence-corrected chi connectivity index (χ4v) is 2.06. The van der Waals surface area contributed by atoms with Gasteiger partial charge in [-0.3, -0.25) is 4.79 Å². The molecule has 2 aromatic carbocycles. The number of carbonyl (C=O) groups is 1. The maximum absolute atomic E-state index is 11.9. The minimum Gasteiger partial charge on any atom is -0.483 e. The predicted octanol–water partition coefficient (Wildman–Crippen LogP) is 3.31. The van der Waals surface area contributed by atoms with E-state index in [1.807, 2.05) is 63.2 Å². The van der Waals surface area contributed by atoms with Crippen LogP contribution in [0.2, 0.25) is 0 Å². The highest BCUT2D eigenvalue weighted by atomic mass is 16.5. The fourth-order valence-electron chi connectivity index (χ4n) is 2.06. The van der Waals surface area contributed by atoms with Crippen molar-refractivity contribution in [1.82, 2.24) is 5.32 Å². The topological polar surface area (TPSA) is 38.3 Å². The lowest BCUT2D eigenvalue weighted by Crippen LogP contribution is -2.28. The number of nitrogens with one attached hydrogen (secondary N) is 1. The van der Waals surface area contributed by atoms with Crippen molar-refractivity contribution >= 4 is 5.91 Å². The molecule has 1 N–H and O–H groups in total. The second-order valence-electron chi connectivity index (χ2n) is 5.26. The molecule has 0 atom stereocenters. The highest BCUT2D eigenvalue weighted by Gasteiger charge is 2.06. The monoisotopic (exact) mass is 283 g/mol. The Hall–Kier alpha value is -2.29. The van der Waals surface area contributed by atoms with Gasteiger partial charge in [-0.05, 0) is 49.1 Å². The van der Waals surface area contributed by atoms with E-state index in [4.69, 9.17) is 4.74 Å². The summed E-state index contributed by atoms with van der Waals surface area (Å²) >= 11 is 0. The molecule has 3 nitrogen and oxygen atoms in total. The molecule has 0 aliphatic heterocycles. The number of rotatable bonds is 5.